The lowest BCUT2D eigenvalue weighted by molar-refractivity contribution is -0.143. The van der Waals surface area contributed by atoms with Gasteiger partial charge in [-0.15, -0.1) is 5.10 Å². The average Bonchev–Trinajstić information content (AvgIpc) is 3.10. The van der Waals surface area contributed by atoms with Crippen LogP contribution >= 0.6 is 27.5 Å². The van der Waals surface area contributed by atoms with Gasteiger partial charge in [0.15, 0.2) is 11.7 Å². The molecule has 0 fully saturated rings. The van der Waals surface area contributed by atoms with Gasteiger partial charge in [0.25, 0.3) is 5.91 Å². The number of rotatable bonds is 5. The number of hydrogen-bond donors (Lipinski definition) is 1. The van der Waals surface area contributed by atoms with E-state index in [-0.39, 0.29) is 10.7 Å². The molecule has 1 N–H and O–H groups in total. The first kappa shape index (κ1) is 20.9. The summed E-state index contributed by atoms with van der Waals surface area (Å²) in [6.45, 7) is 1.62. The van der Waals surface area contributed by atoms with Crippen LogP contribution in [-0.2, 0) is 9.53 Å². The number of hydrogen-bond acceptors (Lipinski definition) is 5. The summed E-state index contributed by atoms with van der Waals surface area (Å²) in [5.41, 5.74) is 1.39. The van der Waals surface area contributed by atoms with Crippen molar-refractivity contribution in [1.29, 1.82) is 0 Å². The second kappa shape index (κ2) is 8.71. The number of benzene rings is 2. The number of aromatic nitrogens is 3. The molecule has 0 radical (unpaired) electrons. The molecule has 3 rings (SSSR count). The number of nitrogens with zero attached hydrogens (tertiary/aromatic N) is 3. The summed E-state index contributed by atoms with van der Waals surface area (Å²) in [7, 11) is 1.24. The molecule has 10 heteroatoms. The van der Waals surface area contributed by atoms with Crippen molar-refractivity contribution in [1.82, 2.24) is 20.3 Å². The minimum absolute atomic E-state index is 0.0106. The maximum Gasteiger partial charge on any atom is 0.333 e. The van der Waals surface area contributed by atoms with Crippen molar-refractivity contribution in [3.05, 3.63) is 74.7 Å². The highest BCUT2D eigenvalue weighted by Gasteiger charge is 2.27. The minimum Gasteiger partial charge on any atom is -0.467 e. The quantitative estimate of drug-likeness (QED) is 0.561. The van der Waals surface area contributed by atoms with Crippen molar-refractivity contribution >= 4 is 39.4 Å². The number of ether oxygens (including phenoxy) is 1. The standard InChI is InChI=1S/C19H15BrClFN4O3/c1-10-16(24-25-26(10)13-7-8-15(22)14(21)9-13)18(27)23-17(19(28)29-2)11-3-5-12(20)6-4-11/h3-9,17H,1-2H3,(H,23,27). The highest BCUT2D eigenvalue weighted by molar-refractivity contribution is 9.10. The third-order valence-corrected chi connectivity index (χ3v) is 4.99. The van der Waals surface area contributed by atoms with Crippen LogP contribution in [0.1, 0.15) is 27.8 Å². The number of amides is 1. The van der Waals surface area contributed by atoms with E-state index in [4.69, 9.17) is 16.3 Å². The number of halogens is 3. The fourth-order valence-corrected chi connectivity index (χ4v) is 3.09. The summed E-state index contributed by atoms with van der Waals surface area (Å²) in [4.78, 5) is 25.0. The Morgan fingerprint density at radius 1 is 1.24 bits per heavy atom. The second-order valence-corrected chi connectivity index (χ2v) is 7.34. The van der Waals surface area contributed by atoms with Crippen LogP contribution in [0.5, 0.6) is 0 Å². The highest BCUT2D eigenvalue weighted by Crippen LogP contribution is 2.21. The van der Waals surface area contributed by atoms with E-state index in [9.17, 15) is 14.0 Å². The predicted molar refractivity (Wildman–Crippen MR) is 107 cm³/mol. The summed E-state index contributed by atoms with van der Waals surface area (Å²) in [5, 5.41) is 10.4. The van der Waals surface area contributed by atoms with Crippen LogP contribution < -0.4 is 5.32 Å². The second-order valence-electron chi connectivity index (χ2n) is 6.01. The molecule has 0 aliphatic heterocycles. The van der Waals surface area contributed by atoms with Gasteiger partial charge in [-0.2, -0.15) is 0 Å². The van der Waals surface area contributed by atoms with Crippen LogP contribution in [-0.4, -0.2) is 34.0 Å². The van der Waals surface area contributed by atoms with Crippen LogP contribution in [0.2, 0.25) is 5.02 Å². The third kappa shape index (κ3) is 4.46. The van der Waals surface area contributed by atoms with Crippen molar-refractivity contribution in [2.24, 2.45) is 0 Å². The van der Waals surface area contributed by atoms with Crippen LogP contribution in [0, 0.1) is 12.7 Å². The summed E-state index contributed by atoms with van der Waals surface area (Å²) >= 11 is 9.14. The molecule has 150 valence electrons. The lowest BCUT2D eigenvalue weighted by Gasteiger charge is -2.16. The SMILES string of the molecule is COC(=O)C(NC(=O)c1nnn(-c2ccc(F)c(Cl)c2)c1C)c1ccc(Br)cc1. The van der Waals surface area contributed by atoms with Crippen LogP contribution in [0.15, 0.2) is 46.9 Å². The van der Waals surface area contributed by atoms with E-state index in [1.54, 1.807) is 31.2 Å². The zero-order valence-electron chi connectivity index (χ0n) is 15.3. The normalized spacial score (nSPS) is 11.8. The first-order chi connectivity index (χ1) is 13.8. The Kier molecular flexibility index (Phi) is 6.29. The topological polar surface area (TPSA) is 86.1 Å². The zero-order valence-corrected chi connectivity index (χ0v) is 17.7. The van der Waals surface area contributed by atoms with E-state index in [2.05, 4.69) is 31.6 Å². The van der Waals surface area contributed by atoms with Gasteiger partial charge in [0.2, 0.25) is 0 Å². The number of carbonyl (C=O) groups excluding carboxylic acids is 2. The van der Waals surface area contributed by atoms with Gasteiger partial charge in [-0.3, -0.25) is 4.79 Å². The largest absolute Gasteiger partial charge is 0.467 e. The summed E-state index contributed by atoms with van der Waals surface area (Å²) < 4.78 is 20.4. The first-order valence-electron chi connectivity index (χ1n) is 8.33. The molecule has 1 heterocycles. The van der Waals surface area contributed by atoms with E-state index in [1.165, 1.54) is 30.0 Å². The monoisotopic (exact) mass is 480 g/mol. The van der Waals surface area contributed by atoms with E-state index >= 15 is 0 Å². The molecule has 2 aromatic carbocycles. The molecule has 0 spiro atoms. The summed E-state index contributed by atoms with van der Waals surface area (Å²) in [6.07, 6.45) is 0. The molecular formula is C19H15BrClFN4O3. The Morgan fingerprint density at radius 2 is 1.93 bits per heavy atom. The van der Waals surface area contributed by atoms with Gasteiger partial charge >= 0.3 is 5.97 Å². The highest BCUT2D eigenvalue weighted by atomic mass is 79.9. The molecular weight excluding hydrogens is 467 g/mol. The van der Waals surface area contributed by atoms with Gasteiger partial charge in [0, 0.05) is 4.47 Å². The minimum atomic E-state index is -1.02. The molecule has 7 nitrogen and oxygen atoms in total. The van der Waals surface area contributed by atoms with Gasteiger partial charge in [0.05, 0.1) is 23.5 Å². The molecule has 1 atom stereocenters. The zero-order chi connectivity index (χ0) is 21.1. The summed E-state index contributed by atoms with van der Waals surface area (Å²) in [5.74, 6) is -1.81. The maximum atomic E-state index is 13.4. The Morgan fingerprint density at radius 3 is 2.55 bits per heavy atom. The molecule has 1 unspecified atom stereocenters. The Hall–Kier alpha value is -2.78. The number of esters is 1. The lowest BCUT2D eigenvalue weighted by atomic mass is 10.1. The Bertz CT molecular complexity index is 1070. The van der Waals surface area contributed by atoms with Crippen molar-refractivity contribution in [3.63, 3.8) is 0 Å². The number of carbonyl (C=O) groups is 2. The van der Waals surface area contributed by atoms with E-state index in [1.807, 2.05) is 0 Å². The molecule has 3 aromatic rings. The van der Waals surface area contributed by atoms with Gasteiger partial charge < -0.3 is 10.1 Å². The molecule has 0 bridgehead atoms. The molecule has 1 aromatic heterocycles. The van der Waals surface area contributed by atoms with Gasteiger partial charge in [-0.1, -0.05) is 44.9 Å². The maximum absolute atomic E-state index is 13.4. The Labute approximate surface area is 178 Å². The van der Waals surface area contributed by atoms with Crippen molar-refractivity contribution < 1.29 is 18.7 Å². The average molecular weight is 482 g/mol. The third-order valence-electron chi connectivity index (χ3n) is 4.17. The van der Waals surface area contributed by atoms with Crippen molar-refractivity contribution in [2.75, 3.05) is 7.11 Å². The predicted octanol–water partition coefficient (Wildman–Crippen LogP) is 3.77. The Balaban J connectivity index is 1.89. The van der Waals surface area contributed by atoms with Crippen LogP contribution in [0.25, 0.3) is 5.69 Å². The molecule has 0 aliphatic rings. The van der Waals surface area contributed by atoms with E-state index in [0.29, 0.717) is 16.9 Å². The first-order valence-corrected chi connectivity index (χ1v) is 9.50. The molecule has 0 saturated carbocycles. The van der Waals surface area contributed by atoms with Gasteiger partial charge in [-0.25, -0.2) is 13.9 Å². The molecule has 29 heavy (non-hydrogen) atoms. The summed E-state index contributed by atoms with van der Waals surface area (Å²) in [6, 6.07) is 9.88. The van der Waals surface area contributed by atoms with Crippen LogP contribution in [0.4, 0.5) is 4.39 Å². The van der Waals surface area contributed by atoms with Gasteiger partial charge in [-0.05, 0) is 42.8 Å². The van der Waals surface area contributed by atoms with Crippen molar-refractivity contribution in [3.8, 4) is 5.69 Å². The number of nitrogens with one attached hydrogen (secondary N) is 1. The van der Waals surface area contributed by atoms with Crippen molar-refractivity contribution in [2.45, 2.75) is 13.0 Å². The fraction of sp³-hybridized carbons (Fsp3) is 0.158. The van der Waals surface area contributed by atoms with E-state index in [0.717, 1.165) is 4.47 Å². The lowest BCUT2D eigenvalue weighted by Crippen LogP contribution is -2.35. The van der Waals surface area contributed by atoms with Crippen LogP contribution in [0.3, 0.4) is 0 Å². The number of methoxy groups -OCH3 is 1. The molecule has 0 saturated heterocycles. The smallest absolute Gasteiger partial charge is 0.333 e. The fourth-order valence-electron chi connectivity index (χ4n) is 2.65. The molecule has 1 amide bonds. The van der Waals surface area contributed by atoms with E-state index < -0.39 is 23.7 Å². The van der Waals surface area contributed by atoms with Gasteiger partial charge in [0.1, 0.15) is 5.82 Å². The molecule has 0 aliphatic carbocycles.